The molecule has 5 nitrogen and oxygen atoms in total. The predicted molar refractivity (Wildman–Crippen MR) is 115 cm³/mol. The molecular formula is C23H13F6NO4S. The lowest BCUT2D eigenvalue weighted by atomic mass is 10.1. The molecule has 1 heterocycles. The number of halogens is 6. The highest BCUT2D eigenvalue weighted by Gasteiger charge is 2.40. The van der Waals surface area contributed by atoms with Gasteiger partial charge in [0.2, 0.25) is 0 Å². The van der Waals surface area contributed by atoms with Gasteiger partial charge < -0.3 is 4.42 Å². The Hall–Kier alpha value is -3.80. The molecule has 0 bridgehead atoms. The maximum absolute atomic E-state index is 13.4. The molecular weight excluding hydrogens is 500 g/mol. The molecule has 35 heavy (non-hydrogen) atoms. The highest BCUT2D eigenvalue weighted by molar-refractivity contribution is 7.92. The van der Waals surface area contributed by atoms with Crippen LogP contribution in [0.25, 0.3) is 22.3 Å². The molecule has 0 fully saturated rings. The molecule has 182 valence electrons. The number of hydrogen-bond donors (Lipinski definition) is 1. The van der Waals surface area contributed by atoms with Crippen molar-refractivity contribution in [1.82, 2.24) is 0 Å². The number of hydrogen-bond acceptors (Lipinski definition) is 4. The molecule has 0 aliphatic carbocycles. The normalized spacial score (nSPS) is 12.6. The fraction of sp³-hybridized carbons (Fsp3) is 0.0870. The third kappa shape index (κ3) is 5.02. The first-order chi connectivity index (χ1) is 16.3. The zero-order valence-corrected chi connectivity index (χ0v) is 18.1. The van der Waals surface area contributed by atoms with Crippen LogP contribution in [0.4, 0.5) is 32.0 Å². The lowest BCUT2D eigenvalue weighted by Crippen LogP contribution is -2.20. The smallest absolute Gasteiger partial charge is 0.417 e. The van der Waals surface area contributed by atoms with Gasteiger partial charge in [-0.25, -0.2) is 8.42 Å². The average molecular weight is 513 g/mol. The Labute approximate surface area is 193 Å². The van der Waals surface area contributed by atoms with Crippen molar-refractivity contribution in [2.75, 3.05) is 4.72 Å². The number of anilines is 1. The van der Waals surface area contributed by atoms with Crippen molar-refractivity contribution in [3.8, 4) is 11.3 Å². The molecule has 0 aliphatic heterocycles. The maximum Gasteiger partial charge on any atom is 0.417 e. The number of rotatable bonds is 4. The minimum absolute atomic E-state index is 0.0531. The molecule has 0 radical (unpaired) electrons. The number of sulfonamides is 1. The van der Waals surface area contributed by atoms with Crippen molar-refractivity contribution >= 4 is 26.7 Å². The van der Waals surface area contributed by atoms with Gasteiger partial charge in [-0.2, -0.15) is 26.3 Å². The molecule has 1 N–H and O–H groups in total. The molecule has 1 aromatic heterocycles. The summed E-state index contributed by atoms with van der Waals surface area (Å²) < 4.78 is 112. The topological polar surface area (TPSA) is 76.4 Å². The standard InChI is InChI=1S/C23H13F6NO4S/c24-22(25,26)14-6-8-17(23(27,28)29)21(10-14)35(32,33)30-15-7-9-19-16(11-15)18(31)12-20(34-19)13-4-2-1-3-5-13/h1-12,30H. The van der Waals surface area contributed by atoms with Gasteiger partial charge >= 0.3 is 12.4 Å². The van der Waals surface area contributed by atoms with E-state index in [1.165, 1.54) is 6.07 Å². The van der Waals surface area contributed by atoms with E-state index in [0.29, 0.717) is 5.56 Å². The minimum atomic E-state index is -5.24. The first kappa shape index (κ1) is 24.3. The first-order valence-corrected chi connectivity index (χ1v) is 11.2. The molecule has 12 heteroatoms. The van der Waals surface area contributed by atoms with Gasteiger partial charge in [-0.15, -0.1) is 0 Å². The van der Waals surface area contributed by atoms with Crippen molar-refractivity contribution in [3.05, 3.63) is 94.1 Å². The molecule has 0 aliphatic rings. The summed E-state index contributed by atoms with van der Waals surface area (Å²) in [5.74, 6) is 0.232. The van der Waals surface area contributed by atoms with Crippen molar-refractivity contribution in [2.45, 2.75) is 17.2 Å². The van der Waals surface area contributed by atoms with Crippen molar-refractivity contribution in [2.24, 2.45) is 0 Å². The second kappa shape index (κ2) is 8.45. The average Bonchev–Trinajstić information content (AvgIpc) is 2.78. The number of fused-ring (bicyclic) bond motifs is 1. The van der Waals surface area contributed by atoms with Crippen molar-refractivity contribution < 1.29 is 39.2 Å². The van der Waals surface area contributed by atoms with Crippen LogP contribution in [0.2, 0.25) is 0 Å². The van der Waals surface area contributed by atoms with Gasteiger partial charge in [0.1, 0.15) is 16.2 Å². The number of benzene rings is 3. The monoisotopic (exact) mass is 513 g/mol. The van der Waals surface area contributed by atoms with Crippen LogP contribution >= 0.6 is 0 Å². The van der Waals surface area contributed by atoms with E-state index in [9.17, 15) is 39.6 Å². The lowest BCUT2D eigenvalue weighted by Gasteiger charge is -2.17. The van der Waals surface area contributed by atoms with Crippen LogP contribution < -0.4 is 10.2 Å². The van der Waals surface area contributed by atoms with Gasteiger partial charge in [-0.3, -0.25) is 9.52 Å². The largest absolute Gasteiger partial charge is 0.456 e. The number of nitrogens with one attached hydrogen (secondary N) is 1. The van der Waals surface area contributed by atoms with Crippen molar-refractivity contribution in [1.29, 1.82) is 0 Å². The Bertz CT molecular complexity index is 1580. The van der Waals surface area contributed by atoms with Crippen LogP contribution in [-0.2, 0) is 22.4 Å². The molecule has 0 saturated heterocycles. The summed E-state index contributed by atoms with van der Waals surface area (Å²) in [6.07, 6.45) is -10.3. The van der Waals surface area contributed by atoms with Gasteiger partial charge in [0.25, 0.3) is 10.0 Å². The van der Waals surface area contributed by atoms with E-state index < -0.39 is 43.8 Å². The molecule has 0 spiro atoms. The van der Waals surface area contributed by atoms with E-state index in [0.717, 1.165) is 18.2 Å². The van der Waals surface area contributed by atoms with Crippen LogP contribution in [0.3, 0.4) is 0 Å². The van der Waals surface area contributed by atoms with Crippen LogP contribution in [0.5, 0.6) is 0 Å². The van der Waals surface area contributed by atoms with E-state index in [1.807, 2.05) is 4.72 Å². The SMILES string of the molecule is O=c1cc(-c2ccccc2)oc2ccc(NS(=O)(=O)c3cc(C(F)(F)F)ccc3C(F)(F)F)cc12. The van der Waals surface area contributed by atoms with E-state index in [2.05, 4.69) is 0 Å². The second-order valence-electron chi connectivity index (χ2n) is 7.36. The molecule has 0 saturated carbocycles. The molecule has 4 aromatic rings. The van der Waals surface area contributed by atoms with Gasteiger partial charge in [-0.1, -0.05) is 30.3 Å². The summed E-state index contributed by atoms with van der Waals surface area (Å²) in [4.78, 5) is 11.0. The first-order valence-electron chi connectivity index (χ1n) is 9.70. The van der Waals surface area contributed by atoms with Gasteiger partial charge in [0, 0.05) is 17.3 Å². The maximum atomic E-state index is 13.4. The fourth-order valence-electron chi connectivity index (χ4n) is 3.33. The third-order valence-electron chi connectivity index (χ3n) is 4.94. The minimum Gasteiger partial charge on any atom is -0.456 e. The Balaban J connectivity index is 1.77. The van der Waals surface area contributed by atoms with E-state index in [4.69, 9.17) is 4.42 Å². The van der Waals surface area contributed by atoms with E-state index >= 15 is 0 Å². The summed E-state index contributed by atoms with van der Waals surface area (Å²) in [6.45, 7) is 0. The molecule has 0 atom stereocenters. The van der Waals surface area contributed by atoms with E-state index in [-0.39, 0.29) is 40.6 Å². The van der Waals surface area contributed by atoms with Crippen LogP contribution in [0, 0.1) is 0 Å². The molecule has 3 aromatic carbocycles. The van der Waals surface area contributed by atoms with Crippen molar-refractivity contribution in [3.63, 3.8) is 0 Å². The summed E-state index contributed by atoms with van der Waals surface area (Å²) in [5.41, 5.74) is -3.59. The Morgan fingerprint density at radius 2 is 1.46 bits per heavy atom. The molecule has 0 unspecified atom stereocenters. The summed E-state index contributed by atoms with van der Waals surface area (Å²) in [7, 11) is -5.15. The quantitative estimate of drug-likeness (QED) is 0.325. The Morgan fingerprint density at radius 1 is 0.771 bits per heavy atom. The summed E-state index contributed by atoms with van der Waals surface area (Å²) >= 11 is 0. The lowest BCUT2D eigenvalue weighted by molar-refractivity contribution is -0.143. The van der Waals surface area contributed by atoms with Crippen LogP contribution in [0.1, 0.15) is 11.1 Å². The van der Waals surface area contributed by atoms with Crippen LogP contribution in [-0.4, -0.2) is 8.42 Å². The van der Waals surface area contributed by atoms with Gasteiger partial charge in [-0.05, 0) is 36.4 Å². The summed E-state index contributed by atoms with van der Waals surface area (Å²) in [5, 5.41) is -0.0926. The Morgan fingerprint density at radius 3 is 2.09 bits per heavy atom. The van der Waals surface area contributed by atoms with Gasteiger partial charge in [0.15, 0.2) is 5.43 Å². The number of alkyl halides is 6. The van der Waals surface area contributed by atoms with Crippen LogP contribution in [0.15, 0.2) is 86.9 Å². The van der Waals surface area contributed by atoms with E-state index in [1.54, 1.807) is 30.3 Å². The molecule has 0 amide bonds. The highest BCUT2D eigenvalue weighted by atomic mass is 32.2. The highest BCUT2D eigenvalue weighted by Crippen LogP contribution is 2.39. The van der Waals surface area contributed by atoms with Gasteiger partial charge in [0.05, 0.1) is 16.5 Å². The fourth-order valence-corrected chi connectivity index (χ4v) is 4.63. The molecule has 4 rings (SSSR count). The third-order valence-corrected chi connectivity index (χ3v) is 6.36. The predicted octanol–water partition coefficient (Wildman–Crippen LogP) is 6.30. The second-order valence-corrected chi connectivity index (χ2v) is 9.01. The zero-order chi connectivity index (χ0) is 25.6. The zero-order valence-electron chi connectivity index (χ0n) is 17.2. The Kier molecular flexibility index (Phi) is 5.87. The summed E-state index contributed by atoms with van der Waals surface area (Å²) in [6, 6.07) is 13.2.